The first-order valence-electron chi connectivity index (χ1n) is 10.5. The Morgan fingerprint density at radius 1 is 0.933 bits per heavy atom. The zero-order chi connectivity index (χ0) is 22.3. The largest absolute Gasteiger partial charge is 0.450 e. The molecule has 0 atom stereocenters. The van der Waals surface area contributed by atoms with E-state index in [2.05, 4.69) is 48.9 Å². The van der Waals surface area contributed by atoms with Crippen molar-refractivity contribution in [3.8, 4) is 0 Å². The Labute approximate surface area is 196 Å². The molecule has 0 radical (unpaired) electrons. The molecule has 0 fully saturated rings. The SMILES string of the molecule is CCNCCOCCOCCNC(=O)OCCC(C)(C)SSCOCCCCNS. The highest BCUT2D eigenvalue weighted by Crippen LogP contribution is 2.37. The Morgan fingerprint density at radius 2 is 1.67 bits per heavy atom. The molecular formula is C19H41N3O5S3. The lowest BCUT2D eigenvalue weighted by Gasteiger charge is -2.22. The molecule has 0 rings (SSSR count). The molecule has 0 heterocycles. The monoisotopic (exact) mass is 487 g/mol. The lowest BCUT2D eigenvalue weighted by atomic mass is 10.1. The van der Waals surface area contributed by atoms with Crippen molar-refractivity contribution in [1.29, 1.82) is 0 Å². The zero-order valence-corrected chi connectivity index (χ0v) is 21.2. The topological polar surface area (TPSA) is 90.1 Å². The van der Waals surface area contributed by atoms with Gasteiger partial charge in [-0.2, -0.15) is 0 Å². The summed E-state index contributed by atoms with van der Waals surface area (Å²) in [4.78, 5) is 11.7. The van der Waals surface area contributed by atoms with E-state index in [1.807, 2.05) is 0 Å². The van der Waals surface area contributed by atoms with E-state index >= 15 is 0 Å². The quantitative estimate of drug-likeness (QED) is 0.0796. The number of likely N-dealkylation sites (N-methyl/N-ethyl adjacent to an activating group) is 1. The van der Waals surface area contributed by atoms with Gasteiger partial charge in [0.05, 0.1) is 33.0 Å². The predicted molar refractivity (Wildman–Crippen MR) is 130 cm³/mol. The first-order chi connectivity index (χ1) is 14.5. The van der Waals surface area contributed by atoms with Crippen LogP contribution in [0, 0.1) is 0 Å². The van der Waals surface area contributed by atoms with Gasteiger partial charge in [-0.15, -0.1) is 0 Å². The van der Waals surface area contributed by atoms with Crippen LogP contribution in [0.15, 0.2) is 0 Å². The lowest BCUT2D eigenvalue weighted by molar-refractivity contribution is 0.0494. The Balaban J connectivity index is 3.46. The van der Waals surface area contributed by atoms with Gasteiger partial charge in [0.25, 0.3) is 0 Å². The third-order valence-corrected chi connectivity index (χ3v) is 7.00. The smallest absolute Gasteiger partial charge is 0.407 e. The molecule has 0 saturated carbocycles. The summed E-state index contributed by atoms with van der Waals surface area (Å²) in [5, 5.41) is 5.87. The van der Waals surface area contributed by atoms with E-state index in [9.17, 15) is 4.79 Å². The third kappa shape index (κ3) is 22.8. The fourth-order valence-electron chi connectivity index (χ4n) is 2.04. The molecule has 0 aliphatic carbocycles. The van der Waals surface area contributed by atoms with Crippen LogP contribution in [0.25, 0.3) is 0 Å². The lowest BCUT2D eigenvalue weighted by Crippen LogP contribution is -2.29. The minimum absolute atomic E-state index is 0.0000152. The molecule has 1 amide bonds. The molecule has 0 spiro atoms. The van der Waals surface area contributed by atoms with E-state index < -0.39 is 6.09 Å². The maximum Gasteiger partial charge on any atom is 0.407 e. The third-order valence-electron chi connectivity index (χ3n) is 3.74. The van der Waals surface area contributed by atoms with Gasteiger partial charge in [-0.1, -0.05) is 41.3 Å². The number of hydrogen-bond acceptors (Lipinski definition) is 10. The number of thiol groups is 1. The van der Waals surface area contributed by atoms with Crippen molar-refractivity contribution in [2.75, 3.05) is 71.8 Å². The van der Waals surface area contributed by atoms with Gasteiger partial charge in [-0.05, 0) is 39.7 Å². The number of hydrogen-bond donors (Lipinski definition) is 4. The van der Waals surface area contributed by atoms with Crippen molar-refractivity contribution in [3.63, 3.8) is 0 Å². The number of ether oxygens (including phenoxy) is 4. The van der Waals surface area contributed by atoms with E-state index in [-0.39, 0.29) is 4.75 Å². The highest BCUT2D eigenvalue weighted by Gasteiger charge is 2.19. The number of nitrogens with one attached hydrogen (secondary N) is 3. The Bertz CT molecular complexity index is 396. The molecule has 3 N–H and O–H groups in total. The summed E-state index contributed by atoms with van der Waals surface area (Å²) < 4.78 is 24.4. The van der Waals surface area contributed by atoms with Gasteiger partial charge in [0.15, 0.2) is 0 Å². The van der Waals surface area contributed by atoms with Crippen LogP contribution in [0.2, 0.25) is 0 Å². The zero-order valence-electron chi connectivity index (χ0n) is 18.7. The molecule has 0 aromatic carbocycles. The van der Waals surface area contributed by atoms with Crippen LogP contribution in [0.3, 0.4) is 0 Å². The van der Waals surface area contributed by atoms with Crippen LogP contribution < -0.4 is 15.4 Å². The number of carbonyl (C=O) groups excluding carboxylic acids is 1. The summed E-state index contributed by atoms with van der Waals surface area (Å²) in [6.45, 7) is 12.8. The van der Waals surface area contributed by atoms with Gasteiger partial charge in [0.2, 0.25) is 0 Å². The molecule has 0 aromatic rings. The molecular weight excluding hydrogens is 446 g/mol. The molecule has 8 nitrogen and oxygen atoms in total. The standard InChI is InChI=1S/C19H41N3O5S3/c1-4-20-9-13-24-15-16-25-14-10-21-18(23)27-12-7-19(2,3)30-29-17-26-11-6-5-8-22-28/h20,22,28H,4-17H2,1-3H3,(H,21,23). The van der Waals surface area contributed by atoms with Crippen LogP contribution in [0.4, 0.5) is 4.79 Å². The predicted octanol–water partition coefficient (Wildman–Crippen LogP) is 3.09. The van der Waals surface area contributed by atoms with Crippen LogP contribution >= 0.6 is 34.4 Å². The number of carbonyl (C=O) groups is 1. The van der Waals surface area contributed by atoms with E-state index in [0.29, 0.717) is 45.5 Å². The van der Waals surface area contributed by atoms with E-state index in [1.54, 1.807) is 21.6 Å². The highest BCUT2D eigenvalue weighted by atomic mass is 33.1. The summed E-state index contributed by atoms with van der Waals surface area (Å²) in [5.41, 5.74) is 0. The normalized spacial score (nSPS) is 11.6. The van der Waals surface area contributed by atoms with Gasteiger partial charge in [-0.3, -0.25) is 4.72 Å². The Kier molecular flexibility index (Phi) is 22.4. The van der Waals surface area contributed by atoms with Crippen molar-refractivity contribution in [2.45, 2.75) is 44.8 Å². The van der Waals surface area contributed by atoms with Crippen LogP contribution in [0.5, 0.6) is 0 Å². The van der Waals surface area contributed by atoms with Crippen molar-refractivity contribution in [1.82, 2.24) is 15.4 Å². The summed E-state index contributed by atoms with van der Waals surface area (Å²) >= 11 is 3.95. The fraction of sp³-hybridized carbons (Fsp3) is 0.947. The van der Waals surface area contributed by atoms with Crippen LogP contribution in [0.1, 0.15) is 40.0 Å². The summed E-state index contributed by atoms with van der Waals surface area (Å²) in [5.74, 6) is 0.657. The van der Waals surface area contributed by atoms with E-state index in [4.69, 9.17) is 18.9 Å². The first-order valence-corrected chi connectivity index (χ1v) is 13.3. The van der Waals surface area contributed by atoms with Gasteiger partial charge >= 0.3 is 6.09 Å². The Morgan fingerprint density at radius 3 is 2.37 bits per heavy atom. The molecule has 0 aliphatic heterocycles. The molecule has 0 aliphatic rings. The number of amides is 1. The second kappa shape index (κ2) is 22.3. The van der Waals surface area contributed by atoms with Gasteiger partial charge in [0.1, 0.15) is 5.94 Å². The van der Waals surface area contributed by atoms with Crippen LogP contribution in [-0.4, -0.2) is 82.6 Å². The van der Waals surface area contributed by atoms with E-state index in [1.165, 1.54) is 0 Å². The number of rotatable bonds is 22. The van der Waals surface area contributed by atoms with E-state index in [0.717, 1.165) is 45.5 Å². The highest BCUT2D eigenvalue weighted by molar-refractivity contribution is 8.77. The first kappa shape index (κ1) is 30.1. The van der Waals surface area contributed by atoms with Crippen molar-refractivity contribution < 1.29 is 23.7 Å². The number of unbranched alkanes of at least 4 members (excludes halogenated alkanes) is 1. The molecule has 0 bridgehead atoms. The second-order valence-electron chi connectivity index (χ2n) is 6.99. The second-order valence-corrected chi connectivity index (χ2v) is 10.3. The maximum atomic E-state index is 11.7. The minimum Gasteiger partial charge on any atom is -0.450 e. The molecule has 0 unspecified atom stereocenters. The summed E-state index contributed by atoms with van der Waals surface area (Å²) in [6.07, 6.45) is 2.45. The van der Waals surface area contributed by atoms with Crippen molar-refractivity contribution in [2.24, 2.45) is 0 Å². The molecule has 11 heteroatoms. The molecule has 30 heavy (non-hydrogen) atoms. The van der Waals surface area contributed by atoms with Gasteiger partial charge in [0, 0.05) is 31.0 Å². The average molecular weight is 488 g/mol. The van der Waals surface area contributed by atoms with Crippen molar-refractivity contribution in [3.05, 3.63) is 0 Å². The summed E-state index contributed by atoms with van der Waals surface area (Å²) in [6, 6.07) is 0. The molecule has 0 aromatic heterocycles. The van der Waals surface area contributed by atoms with Gasteiger partial charge in [-0.25, -0.2) is 4.79 Å². The average Bonchev–Trinajstić information content (AvgIpc) is 2.71. The molecule has 180 valence electrons. The fourth-order valence-corrected chi connectivity index (χ4v) is 4.47. The van der Waals surface area contributed by atoms with Gasteiger partial charge < -0.3 is 29.6 Å². The minimum atomic E-state index is -0.409. The summed E-state index contributed by atoms with van der Waals surface area (Å²) in [7, 11) is 3.44. The maximum absolute atomic E-state index is 11.7. The molecule has 0 saturated heterocycles. The van der Waals surface area contributed by atoms with Crippen LogP contribution in [-0.2, 0) is 18.9 Å². The number of alkyl carbamates (subject to hydrolysis) is 1. The Hall–Kier alpha value is 0.120. The van der Waals surface area contributed by atoms with Crippen molar-refractivity contribution >= 4 is 40.5 Å².